The van der Waals surface area contributed by atoms with Crippen molar-refractivity contribution >= 4 is 40.1 Å². The van der Waals surface area contributed by atoms with Gasteiger partial charge in [0.2, 0.25) is 22.2 Å². The van der Waals surface area contributed by atoms with Crippen LogP contribution in [0.25, 0.3) is 0 Å². The third kappa shape index (κ3) is 3.43. The summed E-state index contributed by atoms with van der Waals surface area (Å²) in [6.45, 7) is 0. The summed E-state index contributed by atoms with van der Waals surface area (Å²) in [7, 11) is 7.52. The molecule has 0 fully saturated rings. The lowest BCUT2D eigenvalue weighted by Gasteiger charge is -2.11. The van der Waals surface area contributed by atoms with E-state index < -0.39 is 0 Å². The highest BCUT2D eigenvalue weighted by atomic mass is 32.2. The monoisotopic (exact) mass is 313 g/mol. The molecule has 2 aromatic rings. The molecule has 3 N–H and O–H groups in total. The zero-order valence-electron chi connectivity index (χ0n) is 11.5. The Bertz CT molecular complexity index is 583. The third-order valence-electron chi connectivity index (χ3n) is 2.09. The van der Waals surface area contributed by atoms with E-state index >= 15 is 0 Å². The number of nitrogens with two attached hydrogens (primary N) is 1. The number of hydrazine groups is 1. The van der Waals surface area contributed by atoms with E-state index in [2.05, 4.69) is 30.6 Å². The van der Waals surface area contributed by atoms with Crippen LogP contribution in [0.5, 0.6) is 0 Å². The molecule has 0 amide bonds. The maximum atomic E-state index is 5.36. The smallest absolute Gasteiger partial charge is 0.242 e. The van der Waals surface area contributed by atoms with E-state index in [1.54, 1.807) is 4.90 Å². The van der Waals surface area contributed by atoms with Crippen LogP contribution in [0.1, 0.15) is 0 Å². The predicted molar refractivity (Wildman–Crippen MR) is 80.3 cm³/mol. The molecule has 0 unspecified atom stereocenters. The van der Waals surface area contributed by atoms with Crippen LogP contribution < -0.4 is 21.1 Å². The van der Waals surface area contributed by atoms with E-state index in [4.69, 9.17) is 5.84 Å². The molecule has 20 heavy (non-hydrogen) atoms. The molecule has 2 aromatic heterocycles. The molecular formula is C9H15N9S2. The minimum atomic E-state index is 0.309. The normalized spacial score (nSPS) is 10.4. The first-order valence-electron chi connectivity index (χ1n) is 5.58. The van der Waals surface area contributed by atoms with Gasteiger partial charge in [-0.05, 0) is 11.8 Å². The highest BCUT2D eigenvalue weighted by Crippen LogP contribution is 2.31. The van der Waals surface area contributed by atoms with Gasteiger partial charge in [0, 0.05) is 28.2 Å². The lowest BCUT2D eigenvalue weighted by atomic mass is 10.8. The largest absolute Gasteiger partial charge is 0.353 e. The van der Waals surface area contributed by atoms with Crippen molar-refractivity contribution in [1.82, 2.24) is 25.1 Å². The Labute approximate surface area is 124 Å². The Morgan fingerprint density at radius 2 is 1.80 bits per heavy atom. The second kappa shape index (κ2) is 6.15. The van der Waals surface area contributed by atoms with Gasteiger partial charge < -0.3 is 9.80 Å². The molecule has 0 aliphatic carbocycles. The standard InChI is InChI=1S/C9H15N9S2/c1-17(2)6-11-5(14-10)12-7(13-6)19-9-16-15-8(20-9)18(3)4/h10H2,1-4H3,(H,11,12,13,14). The summed E-state index contributed by atoms with van der Waals surface area (Å²) in [5.41, 5.74) is 2.43. The van der Waals surface area contributed by atoms with Crippen molar-refractivity contribution in [3.8, 4) is 0 Å². The zero-order chi connectivity index (χ0) is 14.7. The lowest BCUT2D eigenvalue weighted by molar-refractivity contribution is 0.863. The Morgan fingerprint density at radius 1 is 1.05 bits per heavy atom. The number of nitrogens with one attached hydrogen (secondary N) is 1. The summed E-state index contributed by atoms with van der Waals surface area (Å²) < 4.78 is 0.757. The summed E-state index contributed by atoms with van der Waals surface area (Å²) >= 11 is 2.79. The molecule has 2 rings (SSSR count). The van der Waals surface area contributed by atoms with E-state index in [1.165, 1.54) is 23.1 Å². The van der Waals surface area contributed by atoms with Crippen LogP contribution in [0.2, 0.25) is 0 Å². The molecule has 0 saturated carbocycles. The number of nitrogens with zero attached hydrogens (tertiary/aromatic N) is 7. The van der Waals surface area contributed by atoms with Gasteiger partial charge in [0.25, 0.3) is 0 Å². The van der Waals surface area contributed by atoms with Crippen molar-refractivity contribution in [2.45, 2.75) is 9.50 Å². The first-order valence-corrected chi connectivity index (χ1v) is 7.21. The van der Waals surface area contributed by atoms with E-state index in [0.29, 0.717) is 17.1 Å². The minimum Gasteiger partial charge on any atom is -0.353 e. The van der Waals surface area contributed by atoms with Gasteiger partial charge >= 0.3 is 0 Å². The highest BCUT2D eigenvalue weighted by Gasteiger charge is 2.12. The van der Waals surface area contributed by atoms with Gasteiger partial charge in [0.05, 0.1) is 0 Å². The summed E-state index contributed by atoms with van der Waals surface area (Å²) in [6.07, 6.45) is 0. The fraction of sp³-hybridized carbons (Fsp3) is 0.444. The van der Waals surface area contributed by atoms with Gasteiger partial charge in [-0.1, -0.05) is 11.3 Å². The van der Waals surface area contributed by atoms with E-state index in [-0.39, 0.29) is 0 Å². The van der Waals surface area contributed by atoms with Crippen LogP contribution >= 0.6 is 23.1 Å². The summed E-state index contributed by atoms with van der Waals surface area (Å²) in [5.74, 6) is 6.19. The van der Waals surface area contributed by atoms with Crippen molar-refractivity contribution in [1.29, 1.82) is 0 Å². The number of aromatic nitrogens is 5. The Kier molecular flexibility index (Phi) is 4.52. The number of hydrogen-bond acceptors (Lipinski definition) is 11. The van der Waals surface area contributed by atoms with E-state index in [0.717, 1.165) is 9.47 Å². The Morgan fingerprint density at radius 3 is 2.35 bits per heavy atom. The molecule has 0 bridgehead atoms. The second-order valence-corrected chi connectivity index (χ2v) is 6.30. The third-order valence-corrected chi connectivity index (χ3v) is 4.10. The first kappa shape index (κ1) is 14.7. The van der Waals surface area contributed by atoms with E-state index in [9.17, 15) is 0 Å². The summed E-state index contributed by atoms with van der Waals surface area (Å²) in [5, 5.41) is 9.49. The van der Waals surface area contributed by atoms with Crippen molar-refractivity contribution in [3.05, 3.63) is 0 Å². The molecular weight excluding hydrogens is 298 g/mol. The predicted octanol–water partition coefficient (Wildman–Crippen LogP) is 0.292. The molecule has 0 atom stereocenters. The molecule has 0 aromatic carbocycles. The maximum Gasteiger partial charge on any atom is 0.242 e. The van der Waals surface area contributed by atoms with Gasteiger partial charge in [-0.3, -0.25) is 5.43 Å². The van der Waals surface area contributed by atoms with Gasteiger partial charge in [0.15, 0.2) is 4.34 Å². The van der Waals surface area contributed by atoms with E-state index in [1.807, 2.05) is 33.1 Å². The average Bonchev–Trinajstić information content (AvgIpc) is 2.87. The SMILES string of the molecule is CN(C)c1nc(NN)nc(Sc2nnc(N(C)C)s2)n1. The lowest BCUT2D eigenvalue weighted by Crippen LogP contribution is -2.17. The van der Waals surface area contributed by atoms with Gasteiger partial charge in [-0.25, -0.2) is 5.84 Å². The van der Waals surface area contributed by atoms with Crippen molar-refractivity contribution < 1.29 is 0 Å². The van der Waals surface area contributed by atoms with Gasteiger partial charge in [-0.2, -0.15) is 15.0 Å². The molecule has 9 nitrogen and oxygen atoms in total. The average molecular weight is 313 g/mol. The molecule has 108 valence electrons. The summed E-state index contributed by atoms with van der Waals surface area (Å²) in [4.78, 5) is 16.3. The maximum absolute atomic E-state index is 5.36. The molecule has 0 spiro atoms. The van der Waals surface area contributed by atoms with Crippen molar-refractivity contribution in [3.63, 3.8) is 0 Å². The van der Waals surface area contributed by atoms with Crippen LogP contribution in [0.3, 0.4) is 0 Å². The van der Waals surface area contributed by atoms with Crippen LogP contribution in [0.4, 0.5) is 17.0 Å². The molecule has 0 aliphatic rings. The highest BCUT2D eigenvalue weighted by molar-refractivity contribution is 8.00. The van der Waals surface area contributed by atoms with Gasteiger partial charge in [-0.15, -0.1) is 10.2 Å². The van der Waals surface area contributed by atoms with Crippen LogP contribution in [0, 0.1) is 0 Å². The molecule has 0 saturated heterocycles. The number of rotatable bonds is 5. The fourth-order valence-electron chi connectivity index (χ4n) is 1.16. The zero-order valence-corrected chi connectivity index (χ0v) is 13.2. The van der Waals surface area contributed by atoms with Gasteiger partial charge in [0.1, 0.15) is 0 Å². The number of hydrogen-bond donors (Lipinski definition) is 2. The molecule has 0 aliphatic heterocycles. The first-order chi connectivity index (χ1) is 9.49. The Hall–Kier alpha value is -1.72. The molecule has 0 radical (unpaired) electrons. The van der Waals surface area contributed by atoms with Crippen molar-refractivity contribution in [2.24, 2.45) is 5.84 Å². The molecule has 2 heterocycles. The fourth-order valence-corrected chi connectivity index (χ4v) is 2.77. The number of nitrogen functional groups attached to an aromatic ring is 1. The minimum absolute atomic E-state index is 0.309. The topological polar surface area (TPSA) is 109 Å². The van der Waals surface area contributed by atoms with Crippen LogP contribution in [-0.2, 0) is 0 Å². The number of anilines is 3. The Balaban J connectivity index is 2.25. The molecule has 11 heteroatoms. The second-order valence-electron chi connectivity index (χ2n) is 4.13. The van der Waals surface area contributed by atoms with Crippen LogP contribution in [0.15, 0.2) is 9.50 Å². The quantitative estimate of drug-likeness (QED) is 0.590. The van der Waals surface area contributed by atoms with Crippen LogP contribution in [-0.4, -0.2) is 53.3 Å². The van der Waals surface area contributed by atoms with Crippen molar-refractivity contribution in [2.75, 3.05) is 43.4 Å². The summed E-state index contributed by atoms with van der Waals surface area (Å²) in [6, 6.07) is 0.